The average molecular weight is 342 g/mol. The zero-order valence-electron chi connectivity index (χ0n) is 13.2. The molecule has 1 heterocycles. The number of hydrogen-bond acceptors (Lipinski definition) is 6. The van der Waals surface area contributed by atoms with Gasteiger partial charge in [-0.3, -0.25) is 14.5 Å². The Labute approximate surface area is 140 Å². The maximum Gasteiger partial charge on any atom is 0.253 e. The highest BCUT2D eigenvalue weighted by Gasteiger charge is 2.42. The molecule has 0 bridgehead atoms. The quantitative estimate of drug-likeness (QED) is 0.482. The van der Waals surface area contributed by atoms with Crippen molar-refractivity contribution < 1.29 is 24.2 Å². The second kappa shape index (κ2) is 7.96. The number of thiocarbonyl (C=S) groups is 1. The number of ether oxygens (including phenoxy) is 2. The molecule has 0 spiro atoms. The van der Waals surface area contributed by atoms with Gasteiger partial charge >= 0.3 is 0 Å². The highest BCUT2D eigenvalue weighted by atomic mass is 32.1. The molecule has 2 rings (SSSR count). The summed E-state index contributed by atoms with van der Waals surface area (Å²) in [6.45, 7) is 0.694. The Kier molecular flexibility index (Phi) is 6.23. The van der Waals surface area contributed by atoms with Crippen LogP contribution in [0.2, 0.25) is 0 Å². The van der Waals surface area contributed by atoms with Crippen molar-refractivity contribution >= 4 is 29.0 Å². The second-order valence-electron chi connectivity index (χ2n) is 5.73. The van der Waals surface area contributed by atoms with Crippen LogP contribution in [0.5, 0.6) is 0 Å². The first-order chi connectivity index (χ1) is 11.0. The van der Waals surface area contributed by atoms with Gasteiger partial charge in [0.15, 0.2) is 0 Å². The van der Waals surface area contributed by atoms with Crippen LogP contribution in [0.1, 0.15) is 12.8 Å². The smallest absolute Gasteiger partial charge is 0.253 e. The maximum absolute atomic E-state index is 11.5. The minimum Gasteiger partial charge on any atom is -0.390 e. The van der Waals surface area contributed by atoms with Gasteiger partial charge in [0.2, 0.25) is 0 Å². The highest BCUT2D eigenvalue weighted by Crippen LogP contribution is 2.29. The Morgan fingerprint density at radius 1 is 1.39 bits per heavy atom. The number of nitrogens with zero attached hydrogens (tertiary/aromatic N) is 1. The van der Waals surface area contributed by atoms with Gasteiger partial charge in [-0.05, 0) is 6.42 Å². The number of aliphatic hydroxyl groups is 1. The lowest BCUT2D eigenvalue weighted by molar-refractivity contribution is -0.136. The largest absolute Gasteiger partial charge is 0.390 e. The molecule has 0 radical (unpaired) electrons. The van der Waals surface area contributed by atoms with E-state index < -0.39 is 6.10 Å². The first kappa shape index (κ1) is 18.0. The zero-order valence-corrected chi connectivity index (χ0v) is 14.0. The van der Waals surface area contributed by atoms with Crippen molar-refractivity contribution in [2.24, 2.45) is 5.92 Å². The summed E-state index contributed by atoms with van der Waals surface area (Å²) in [6.07, 6.45) is 2.57. The summed E-state index contributed by atoms with van der Waals surface area (Å²) in [4.78, 5) is 24.7. The summed E-state index contributed by atoms with van der Waals surface area (Å²) in [5.41, 5.74) is 0. The number of hydrogen-bond donors (Lipinski definition) is 2. The van der Waals surface area contributed by atoms with Crippen molar-refractivity contribution in [3.05, 3.63) is 12.2 Å². The zero-order chi connectivity index (χ0) is 17.0. The summed E-state index contributed by atoms with van der Waals surface area (Å²) in [5.74, 6) is -0.649. The number of amides is 2. The number of carbonyl (C=O) groups is 2. The monoisotopic (exact) mass is 342 g/mol. The van der Waals surface area contributed by atoms with E-state index in [4.69, 9.17) is 21.7 Å². The summed E-state index contributed by atoms with van der Waals surface area (Å²) in [6, 6.07) is -0.120. The third-order valence-electron chi connectivity index (χ3n) is 4.24. The molecule has 1 fully saturated rings. The van der Waals surface area contributed by atoms with E-state index >= 15 is 0 Å². The van der Waals surface area contributed by atoms with E-state index in [1.165, 1.54) is 12.2 Å². The number of carbonyl (C=O) groups excluding carboxylic acids is 2. The fraction of sp³-hybridized carbons (Fsp3) is 0.667. The van der Waals surface area contributed by atoms with Crippen LogP contribution in [0.15, 0.2) is 12.2 Å². The number of methoxy groups -OCH3 is 2. The Bertz CT molecular complexity index is 492. The van der Waals surface area contributed by atoms with Crippen molar-refractivity contribution in [2.75, 3.05) is 27.4 Å². The van der Waals surface area contributed by atoms with Crippen LogP contribution in [0.3, 0.4) is 0 Å². The van der Waals surface area contributed by atoms with Crippen molar-refractivity contribution in [2.45, 2.75) is 31.1 Å². The van der Waals surface area contributed by atoms with Gasteiger partial charge in [-0.15, -0.1) is 0 Å². The van der Waals surface area contributed by atoms with Crippen molar-refractivity contribution in [1.82, 2.24) is 10.2 Å². The summed E-state index contributed by atoms with van der Waals surface area (Å²) >= 11 is 5.30. The first-order valence-electron chi connectivity index (χ1n) is 7.50. The molecule has 2 aliphatic rings. The van der Waals surface area contributed by atoms with Crippen LogP contribution in [-0.4, -0.2) is 72.4 Å². The molecule has 8 heteroatoms. The Balaban J connectivity index is 1.84. The van der Waals surface area contributed by atoms with Gasteiger partial charge in [0.25, 0.3) is 11.8 Å². The molecule has 2 N–H and O–H groups in total. The summed E-state index contributed by atoms with van der Waals surface area (Å²) in [5, 5.41) is 13.4. The van der Waals surface area contributed by atoms with Crippen molar-refractivity contribution in [3.8, 4) is 0 Å². The molecule has 2 amide bonds. The fourth-order valence-electron chi connectivity index (χ4n) is 3.08. The van der Waals surface area contributed by atoms with E-state index in [9.17, 15) is 14.7 Å². The van der Waals surface area contributed by atoms with Gasteiger partial charge in [0.05, 0.1) is 23.7 Å². The predicted octanol–water partition coefficient (Wildman–Crippen LogP) is -0.371. The van der Waals surface area contributed by atoms with Gasteiger partial charge < -0.3 is 19.9 Å². The van der Waals surface area contributed by atoms with Crippen LogP contribution in [-0.2, 0) is 19.1 Å². The fourth-order valence-corrected chi connectivity index (χ4v) is 3.32. The van der Waals surface area contributed by atoms with E-state index in [1.54, 1.807) is 14.2 Å². The molecule has 4 atom stereocenters. The lowest BCUT2D eigenvalue weighted by Gasteiger charge is -2.23. The van der Waals surface area contributed by atoms with Gasteiger partial charge in [-0.25, -0.2) is 0 Å². The van der Waals surface area contributed by atoms with Crippen molar-refractivity contribution in [3.63, 3.8) is 0 Å². The third kappa shape index (κ3) is 4.14. The van der Waals surface area contributed by atoms with Gasteiger partial charge in [-0.2, -0.15) is 0 Å². The normalized spacial score (nSPS) is 30.3. The molecule has 1 aliphatic heterocycles. The Morgan fingerprint density at radius 3 is 2.61 bits per heavy atom. The van der Waals surface area contributed by atoms with Crippen molar-refractivity contribution in [1.29, 1.82) is 0 Å². The maximum atomic E-state index is 11.5. The lowest BCUT2D eigenvalue weighted by Crippen LogP contribution is -2.44. The van der Waals surface area contributed by atoms with E-state index in [0.717, 1.165) is 4.90 Å². The van der Waals surface area contributed by atoms with Gasteiger partial charge in [0.1, 0.15) is 6.10 Å². The van der Waals surface area contributed by atoms with E-state index in [-0.39, 0.29) is 36.4 Å². The minimum atomic E-state index is -0.619. The molecule has 0 aromatic heterocycles. The SMILES string of the molecule is COC[C@H]1C[C@@H](NC(=S)CCN2C(=O)C=CC2=O)[C@@H](OC)C1O. The van der Waals surface area contributed by atoms with Gasteiger partial charge in [0, 0.05) is 45.3 Å². The molecule has 23 heavy (non-hydrogen) atoms. The molecule has 0 saturated heterocycles. The predicted molar refractivity (Wildman–Crippen MR) is 86.8 cm³/mol. The molecule has 0 aromatic carbocycles. The Morgan fingerprint density at radius 2 is 2.04 bits per heavy atom. The van der Waals surface area contributed by atoms with E-state index in [0.29, 0.717) is 24.4 Å². The molecular formula is C15H22N2O5S. The third-order valence-corrected chi connectivity index (χ3v) is 4.56. The number of imide groups is 1. The number of rotatable bonds is 7. The molecule has 128 valence electrons. The molecule has 7 nitrogen and oxygen atoms in total. The second-order valence-corrected chi connectivity index (χ2v) is 6.22. The molecule has 1 unspecified atom stereocenters. The van der Waals surface area contributed by atoms with Crippen LogP contribution in [0.4, 0.5) is 0 Å². The molecule has 1 saturated carbocycles. The molecule has 1 aliphatic carbocycles. The number of aliphatic hydroxyl groups excluding tert-OH is 1. The summed E-state index contributed by atoms with van der Waals surface area (Å²) in [7, 11) is 3.14. The van der Waals surface area contributed by atoms with Crippen LogP contribution < -0.4 is 5.32 Å². The van der Waals surface area contributed by atoms with E-state index in [1.807, 2.05) is 0 Å². The minimum absolute atomic E-state index is 0.0174. The van der Waals surface area contributed by atoms with Crippen LogP contribution in [0.25, 0.3) is 0 Å². The topological polar surface area (TPSA) is 88.1 Å². The first-order valence-corrected chi connectivity index (χ1v) is 7.91. The lowest BCUT2D eigenvalue weighted by atomic mass is 10.1. The summed E-state index contributed by atoms with van der Waals surface area (Å²) < 4.78 is 10.5. The average Bonchev–Trinajstić information content (AvgIpc) is 2.98. The van der Waals surface area contributed by atoms with E-state index in [2.05, 4.69) is 5.32 Å². The molecular weight excluding hydrogens is 320 g/mol. The molecule has 0 aromatic rings. The standard InChI is InChI=1S/C15H22N2O5S/c1-21-8-9-7-10(15(22-2)14(9)20)16-11(23)5-6-17-12(18)3-4-13(17)19/h3-4,9-10,14-15,20H,5-8H2,1-2H3,(H,16,23)/t9-,10-,14?,15-/m1/s1. The Hall–Kier alpha value is -1.35. The van der Waals surface area contributed by atoms with Crippen LogP contribution in [0, 0.1) is 5.92 Å². The number of nitrogens with one attached hydrogen (secondary N) is 1. The van der Waals surface area contributed by atoms with Gasteiger partial charge in [-0.1, -0.05) is 12.2 Å². The highest BCUT2D eigenvalue weighted by molar-refractivity contribution is 7.80. The van der Waals surface area contributed by atoms with Crippen LogP contribution >= 0.6 is 12.2 Å².